The third kappa shape index (κ3) is 2.53. The van der Waals surface area contributed by atoms with Gasteiger partial charge in [0.1, 0.15) is 5.69 Å². The summed E-state index contributed by atoms with van der Waals surface area (Å²) in [5.74, 6) is 0.470. The third-order valence-corrected chi connectivity index (χ3v) is 3.85. The van der Waals surface area contributed by atoms with Crippen LogP contribution in [0.2, 0.25) is 5.02 Å². The summed E-state index contributed by atoms with van der Waals surface area (Å²) in [5, 5.41) is 12.5. The Morgan fingerprint density at radius 3 is 3.04 bits per heavy atom. The molecule has 3 heterocycles. The number of benzene rings is 1. The molecule has 3 aromatic heterocycles. The number of aromatic amines is 1. The monoisotopic (exact) mass is 325 g/mol. The van der Waals surface area contributed by atoms with Crippen LogP contribution < -0.4 is 5.32 Å². The molecule has 2 N–H and O–H groups in total. The summed E-state index contributed by atoms with van der Waals surface area (Å²) < 4.78 is 1.84. The predicted molar refractivity (Wildman–Crippen MR) is 87.5 cm³/mol. The maximum atomic E-state index is 12.3. The van der Waals surface area contributed by atoms with E-state index in [1.54, 1.807) is 12.1 Å². The van der Waals surface area contributed by atoms with Crippen LogP contribution >= 0.6 is 11.6 Å². The van der Waals surface area contributed by atoms with Crippen LogP contribution in [0.25, 0.3) is 16.6 Å². The van der Waals surface area contributed by atoms with Crippen molar-refractivity contribution in [2.75, 3.05) is 0 Å². The lowest BCUT2D eigenvalue weighted by Crippen LogP contribution is -2.24. The van der Waals surface area contributed by atoms with E-state index < -0.39 is 0 Å². The molecule has 0 atom stereocenters. The third-order valence-electron chi connectivity index (χ3n) is 3.62. The van der Waals surface area contributed by atoms with Gasteiger partial charge in [-0.1, -0.05) is 17.7 Å². The molecule has 0 saturated carbocycles. The molecule has 114 valence electrons. The molecule has 4 rings (SSSR count). The van der Waals surface area contributed by atoms with Gasteiger partial charge in [-0.25, -0.2) is 0 Å². The lowest BCUT2D eigenvalue weighted by atomic mass is 10.2. The Kier molecular flexibility index (Phi) is 3.24. The molecule has 0 aliphatic carbocycles. The number of hydrogen-bond donors (Lipinski definition) is 2. The van der Waals surface area contributed by atoms with Crippen LogP contribution in [0.5, 0.6) is 0 Å². The van der Waals surface area contributed by atoms with Gasteiger partial charge in [0, 0.05) is 22.1 Å². The molecule has 23 heavy (non-hydrogen) atoms. The highest BCUT2D eigenvalue weighted by atomic mass is 35.5. The van der Waals surface area contributed by atoms with Crippen molar-refractivity contribution in [1.82, 2.24) is 24.9 Å². The number of amides is 1. The second-order valence-electron chi connectivity index (χ2n) is 5.14. The zero-order valence-corrected chi connectivity index (χ0v) is 12.7. The lowest BCUT2D eigenvalue weighted by molar-refractivity contribution is 0.0945. The second kappa shape index (κ2) is 5.40. The minimum Gasteiger partial charge on any atom is -0.351 e. The summed E-state index contributed by atoms with van der Waals surface area (Å²) >= 11 is 5.96. The van der Waals surface area contributed by atoms with Crippen LogP contribution in [0.1, 0.15) is 16.3 Å². The highest BCUT2D eigenvalue weighted by Crippen LogP contribution is 2.20. The molecule has 1 aromatic carbocycles. The van der Waals surface area contributed by atoms with E-state index in [4.69, 9.17) is 11.6 Å². The number of H-pyrrole nitrogens is 1. The predicted octanol–water partition coefficient (Wildman–Crippen LogP) is 2.79. The highest BCUT2D eigenvalue weighted by Gasteiger charge is 2.11. The molecule has 0 saturated heterocycles. The molecule has 0 fully saturated rings. The molecule has 7 heteroatoms. The Hall–Kier alpha value is -2.86. The Balaban J connectivity index is 1.55. The van der Waals surface area contributed by atoms with Gasteiger partial charge in [0.2, 0.25) is 0 Å². The van der Waals surface area contributed by atoms with Crippen LogP contribution in [0.4, 0.5) is 0 Å². The van der Waals surface area contributed by atoms with Crippen molar-refractivity contribution in [1.29, 1.82) is 0 Å². The van der Waals surface area contributed by atoms with E-state index in [2.05, 4.69) is 20.5 Å². The van der Waals surface area contributed by atoms with Crippen molar-refractivity contribution in [2.45, 2.75) is 6.54 Å². The summed E-state index contributed by atoms with van der Waals surface area (Å²) in [6.45, 7) is 0.292. The van der Waals surface area contributed by atoms with Gasteiger partial charge < -0.3 is 10.3 Å². The number of rotatable bonds is 3. The van der Waals surface area contributed by atoms with Crippen molar-refractivity contribution in [3.05, 3.63) is 65.2 Å². The molecule has 6 nitrogen and oxygen atoms in total. The molecule has 0 aliphatic rings. The first kappa shape index (κ1) is 13.8. The summed E-state index contributed by atoms with van der Waals surface area (Å²) in [6, 6.07) is 12.9. The lowest BCUT2D eigenvalue weighted by Gasteiger charge is -2.02. The van der Waals surface area contributed by atoms with Gasteiger partial charge >= 0.3 is 0 Å². The maximum absolute atomic E-state index is 12.3. The van der Waals surface area contributed by atoms with Crippen LogP contribution in [0.15, 0.2) is 48.7 Å². The number of nitrogens with one attached hydrogen (secondary N) is 2. The van der Waals surface area contributed by atoms with E-state index >= 15 is 0 Å². The van der Waals surface area contributed by atoms with Gasteiger partial charge in [0.05, 0.1) is 6.54 Å². The summed E-state index contributed by atoms with van der Waals surface area (Å²) in [7, 11) is 0. The average molecular weight is 326 g/mol. The van der Waals surface area contributed by atoms with Crippen molar-refractivity contribution in [2.24, 2.45) is 0 Å². The van der Waals surface area contributed by atoms with E-state index in [0.29, 0.717) is 23.1 Å². The fourth-order valence-electron chi connectivity index (χ4n) is 2.49. The zero-order chi connectivity index (χ0) is 15.8. The van der Waals surface area contributed by atoms with Crippen molar-refractivity contribution >= 4 is 34.1 Å². The largest absolute Gasteiger partial charge is 0.351 e. The van der Waals surface area contributed by atoms with Gasteiger partial charge in [-0.2, -0.15) is 0 Å². The number of aromatic nitrogens is 4. The van der Waals surface area contributed by atoms with Crippen molar-refractivity contribution in [3.63, 3.8) is 0 Å². The van der Waals surface area contributed by atoms with Crippen LogP contribution in [-0.2, 0) is 6.54 Å². The van der Waals surface area contributed by atoms with Gasteiger partial charge in [-0.05, 0) is 36.4 Å². The maximum Gasteiger partial charge on any atom is 0.268 e. The van der Waals surface area contributed by atoms with E-state index in [-0.39, 0.29) is 5.91 Å². The van der Waals surface area contributed by atoms with E-state index in [9.17, 15) is 4.79 Å². The Labute approximate surface area is 136 Å². The number of hydrogen-bond acceptors (Lipinski definition) is 3. The molecule has 4 aromatic rings. The van der Waals surface area contributed by atoms with E-state index in [0.717, 1.165) is 16.6 Å². The Bertz CT molecular complexity index is 1020. The topological polar surface area (TPSA) is 75.1 Å². The number of nitrogens with zero attached hydrogens (tertiary/aromatic N) is 3. The molecular formula is C16H12ClN5O. The highest BCUT2D eigenvalue weighted by molar-refractivity contribution is 6.31. The zero-order valence-electron chi connectivity index (χ0n) is 12.0. The Morgan fingerprint density at radius 2 is 2.13 bits per heavy atom. The number of fused-ring (bicyclic) bond motifs is 2. The van der Waals surface area contributed by atoms with E-state index in [1.807, 2.05) is 40.9 Å². The molecule has 0 spiro atoms. The summed E-state index contributed by atoms with van der Waals surface area (Å²) in [4.78, 5) is 15.4. The van der Waals surface area contributed by atoms with E-state index in [1.165, 1.54) is 0 Å². The molecule has 0 bridgehead atoms. The first-order valence-electron chi connectivity index (χ1n) is 7.06. The average Bonchev–Trinajstić information content (AvgIpc) is 3.16. The number of halogens is 1. The fraction of sp³-hybridized carbons (Fsp3) is 0.0625. The standard InChI is InChI=1S/C16H12ClN5O/c17-11-4-5-12-10(7-11)8-13(19-12)16(23)18-9-15-21-20-14-3-1-2-6-22(14)15/h1-8,19H,9H2,(H,18,23). The minimum atomic E-state index is -0.204. The normalized spacial score (nSPS) is 11.2. The quantitative estimate of drug-likeness (QED) is 0.608. The first-order chi connectivity index (χ1) is 11.2. The van der Waals surface area contributed by atoms with Crippen LogP contribution in [0.3, 0.4) is 0 Å². The summed E-state index contributed by atoms with van der Waals surface area (Å²) in [5.41, 5.74) is 2.10. The summed E-state index contributed by atoms with van der Waals surface area (Å²) in [6.07, 6.45) is 1.86. The van der Waals surface area contributed by atoms with Gasteiger partial charge in [0.25, 0.3) is 5.91 Å². The molecule has 1 amide bonds. The fourth-order valence-corrected chi connectivity index (χ4v) is 2.67. The number of carbonyl (C=O) groups excluding carboxylic acids is 1. The first-order valence-corrected chi connectivity index (χ1v) is 7.43. The minimum absolute atomic E-state index is 0.204. The molecule has 0 unspecified atom stereocenters. The van der Waals surface area contributed by atoms with Gasteiger partial charge in [0.15, 0.2) is 11.5 Å². The number of pyridine rings is 1. The molecular weight excluding hydrogens is 314 g/mol. The molecule has 0 aliphatic heterocycles. The Morgan fingerprint density at radius 1 is 1.22 bits per heavy atom. The van der Waals surface area contributed by atoms with Gasteiger partial charge in [-0.3, -0.25) is 9.20 Å². The second-order valence-corrected chi connectivity index (χ2v) is 5.58. The van der Waals surface area contributed by atoms with Crippen LogP contribution in [-0.4, -0.2) is 25.5 Å². The van der Waals surface area contributed by atoms with Crippen LogP contribution in [0, 0.1) is 0 Å². The smallest absolute Gasteiger partial charge is 0.268 e. The SMILES string of the molecule is O=C(NCc1nnc2ccccn12)c1cc2cc(Cl)ccc2[nH]1. The molecule has 0 radical (unpaired) electrons. The van der Waals surface area contributed by atoms with Crippen molar-refractivity contribution in [3.8, 4) is 0 Å². The number of carbonyl (C=O) groups is 1. The van der Waals surface area contributed by atoms with Gasteiger partial charge in [-0.15, -0.1) is 10.2 Å². The van der Waals surface area contributed by atoms with Crippen molar-refractivity contribution < 1.29 is 4.79 Å².